The Kier molecular flexibility index (Phi) is 2.74. The third-order valence-corrected chi connectivity index (χ3v) is 1.24. The predicted octanol–water partition coefficient (Wildman–Crippen LogP) is 0.948. The van der Waals surface area contributed by atoms with E-state index in [4.69, 9.17) is 4.74 Å². The molecule has 0 atom stereocenters. The molecule has 0 aromatic heterocycles. The maximum absolute atomic E-state index is 9.18. The van der Waals surface area contributed by atoms with Crippen LogP contribution in [-0.2, 0) is 0 Å². The monoisotopic (exact) mass is 153 g/mol. The average molecular weight is 153 g/mol. The van der Waals surface area contributed by atoms with Crippen LogP contribution >= 0.6 is 0 Å². The molecule has 60 valence electrons. The molecular weight excluding hydrogens is 142 g/mol. The SMILES string of the molecule is CNCOc1ccccc1O. The van der Waals surface area contributed by atoms with E-state index in [0.29, 0.717) is 12.5 Å². The fraction of sp³-hybridized carbons (Fsp3) is 0.250. The zero-order chi connectivity index (χ0) is 8.10. The van der Waals surface area contributed by atoms with Gasteiger partial charge in [0.1, 0.15) is 6.73 Å². The fourth-order valence-electron chi connectivity index (χ4n) is 0.729. The number of phenolic OH excluding ortho intramolecular Hbond substituents is 1. The summed E-state index contributed by atoms with van der Waals surface area (Å²) in [5, 5.41) is 12.0. The molecule has 0 heterocycles. The number of para-hydroxylation sites is 2. The first-order valence-electron chi connectivity index (χ1n) is 3.40. The highest BCUT2D eigenvalue weighted by Gasteiger charge is 1.97. The Morgan fingerprint density at radius 1 is 1.45 bits per heavy atom. The van der Waals surface area contributed by atoms with Crippen LogP contribution in [-0.4, -0.2) is 18.9 Å². The molecule has 1 aromatic rings. The second-order valence-corrected chi connectivity index (χ2v) is 2.11. The van der Waals surface area contributed by atoms with E-state index in [1.54, 1.807) is 25.2 Å². The molecule has 0 saturated carbocycles. The van der Waals surface area contributed by atoms with Gasteiger partial charge in [0.25, 0.3) is 0 Å². The van der Waals surface area contributed by atoms with Gasteiger partial charge in [0.2, 0.25) is 0 Å². The summed E-state index contributed by atoms with van der Waals surface area (Å²) >= 11 is 0. The molecule has 1 aromatic carbocycles. The zero-order valence-electron chi connectivity index (χ0n) is 6.37. The van der Waals surface area contributed by atoms with E-state index in [9.17, 15) is 5.11 Å². The summed E-state index contributed by atoms with van der Waals surface area (Å²) in [4.78, 5) is 0. The lowest BCUT2D eigenvalue weighted by Crippen LogP contribution is -2.13. The molecule has 0 aliphatic carbocycles. The summed E-state index contributed by atoms with van der Waals surface area (Å²) in [6.07, 6.45) is 0. The van der Waals surface area contributed by atoms with Gasteiger partial charge in [0, 0.05) is 0 Å². The second kappa shape index (κ2) is 3.83. The number of rotatable bonds is 3. The molecule has 0 saturated heterocycles. The van der Waals surface area contributed by atoms with Crippen LogP contribution in [0.3, 0.4) is 0 Å². The Bertz CT molecular complexity index is 225. The van der Waals surface area contributed by atoms with Crippen LogP contribution in [0.4, 0.5) is 0 Å². The smallest absolute Gasteiger partial charge is 0.162 e. The first-order valence-corrected chi connectivity index (χ1v) is 3.40. The first-order chi connectivity index (χ1) is 5.34. The van der Waals surface area contributed by atoms with E-state index in [0.717, 1.165) is 0 Å². The van der Waals surface area contributed by atoms with Crippen molar-refractivity contribution in [3.63, 3.8) is 0 Å². The van der Waals surface area contributed by atoms with Gasteiger partial charge < -0.3 is 9.84 Å². The lowest BCUT2D eigenvalue weighted by molar-refractivity contribution is 0.281. The molecule has 0 fully saturated rings. The number of benzene rings is 1. The van der Waals surface area contributed by atoms with Crippen molar-refractivity contribution in [1.82, 2.24) is 5.32 Å². The van der Waals surface area contributed by atoms with Gasteiger partial charge in [-0.05, 0) is 19.2 Å². The summed E-state index contributed by atoms with van der Waals surface area (Å²) in [6, 6.07) is 6.87. The summed E-state index contributed by atoms with van der Waals surface area (Å²) in [6.45, 7) is 0.400. The Morgan fingerprint density at radius 3 is 2.82 bits per heavy atom. The molecule has 0 amide bonds. The Morgan fingerprint density at radius 2 is 2.18 bits per heavy atom. The van der Waals surface area contributed by atoms with Gasteiger partial charge in [-0.25, -0.2) is 0 Å². The van der Waals surface area contributed by atoms with E-state index < -0.39 is 0 Å². The van der Waals surface area contributed by atoms with Crippen LogP contribution in [0.5, 0.6) is 11.5 Å². The lowest BCUT2D eigenvalue weighted by atomic mass is 10.3. The Labute approximate surface area is 65.6 Å². The second-order valence-electron chi connectivity index (χ2n) is 2.11. The quantitative estimate of drug-likeness (QED) is 0.635. The summed E-state index contributed by atoms with van der Waals surface area (Å²) in [5.74, 6) is 0.671. The average Bonchev–Trinajstić information content (AvgIpc) is 2.03. The van der Waals surface area contributed by atoms with Crippen LogP contribution in [0, 0.1) is 0 Å². The third kappa shape index (κ3) is 2.13. The fourth-order valence-corrected chi connectivity index (χ4v) is 0.729. The minimum absolute atomic E-state index is 0.169. The number of hydrogen-bond acceptors (Lipinski definition) is 3. The van der Waals surface area contributed by atoms with Crippen molar-refractivity contribution >= 4 is 0 Å². The topological polar surface area (TPSA) is 41.5 Å². The molecule has 2 N–H and O–H groups in total. The summed E-state index contributed by atoms with van der Waals surface area (Å²) in [5.41, 5.74) is 0. The minimum Gasteiger partial charge on any atom is -0.504 e. The lowest BCUT2D eigenvalue weighted by Gasteiger charge is -2.05. The van der Waals surface area contributed by atoms with Crippen molar-refractivity contribution in [1.29, 1.82) is 0 Å². The van der Waals surface area contributed by atoms with Crippen molar-refractivity contribution in [3.8, 4) is 11.5 Å². The van der Waals surface area contributed by atoms with Crippen LogP contribution in [0.25, 0.3) is 0 Å². The summed E-state index contributed by atoms with van der Waals surface area (Å²) < 4.78 is 5.12. The van der Waals surface area contributed by atoms with E-state index >= 15 is 0 Å². The highest BCUT2D eigenvalue weighted by Crippen LogP contribution is 2.23. The molecule has 11 heavy (non-hydrogen) atoms. The molecular formula is C8H11NO2. The van der Waals surface area contributed by atoms with Gasteiger partial charge in [-0.15, -0.1) is 0 Å². The van der Waals surface area contributed by atoms with Crippen molar-refractivity contribution in [2.45, 2.75) is 0 Å². The van der Waals surface area contributed by atoms with E-state index in [1.807, 2.05) is 6.07 Å². The molecule has 0 aliphatic rings. The zero-order valence-corrected chi connectivity index (χ0v) is 6.37. The van der Waals surface area contributed by atoms with Gasteiger partial charge in [-0.1, -0.05) is 12.1 Å². The van der Waals surface area contributed by atoms with Gasteiger partial charge in [0.05, 0.1) is 0 Å². The minimum atomic E-state index is 0.169. The highest BCUT2D eigenvalue weighted by atomic mass is 16.5. The number of aromatic hydroxyl groups is 1. The van der Waals surface area contributed by atoms with Crippen molar-refractivity contribution in [2.75, 3.05) is 13.8 Å². The number of hydrogen-bond donors (Lipinski definition) is 2. The molecule has 1 rings (SSSR count). The maximum Gasteiger partial charge on any atom is 0.162 e. The van der Waals surface area contributed by atoms with Crippen molar-refractivity contribution in [2.24, 2.45) is 0 Å². The van der Waals surface area contributed by atoms with Gasteiger partial charge in [-0.2, -0.15) is 0 Å². The number of ether oxygens (including phenoxy) is 1. The Hall–Kier alpha value is -1.22. The van der Waals surface area contributed by atoms with Gasteiger partial charge in [-0.3, -0.25) is 5.32 Å². The van der Waals surface area contributed by atoms with Crippen LogP contribution in [0.15, 0.2) is 24.3 Å². The first kappa shape index (κ1) is 7.88. The summed E-state index contributed by atoms with van der Waals surface area (Å²) in [7, 11) is 1.78. The normalized spacial score (nSPS) is 9.55. The van der Waals surface area contributed by atoms with Crippen LogP contribution in [0.2, 0.25) is 0 Å². The van der Waals surface area contributed by atoms with E-state index in [-0.39, 0.29) is 5.75 Å². The molecule has 0 spiro atoms. The predicted molar refractivity (Wildman–Crippen MR) is 42.7 cm³/mol. The molecule has 3 nitrogen and oxygen atoms in total. The largest absolute Gasteiger partial charge is 0.504 e. The number of nitrogens with one attached hydrogen (secondary N) is 1. The van der Waals surface area contributed by atoms with Crippen LogP contribution < -0.4 is 10.1 Å². The molecule has 0 unspecified atom stereocenters. The molecule has 3 heteroatoms. The van der Waals surface area contributed by atoms with Crippen molar-refractivity contribution < 1.29 is 9.84 Å². The highest BCUT2D eigenvalue weighted by molar-refractivity contribution is 5.37. The molecule has 0 bridgehead atoms. The van der Waals surface area contributed by atoms with E-state index in [1.165, 1.54) is 0 Å². The molecule has 0 aliphatic heterocycles. The third-order valence-electron chi connectivity index (χ3n) is 1.24. The van der Waals surface area contributed by atoms with Crippen LogP contribution in [0.1, 0.15) is 0 Å². The van der Waals surface area contributed by atoms with Crippen molar-refractivity contribution in [3.05, 3.63) is 24.3 Å². The maximum atomic E-state index is 9.18. The van der Waals surface area contributed by atoms with Gasteiger partial charge in [0.15, 0.2) is 11.5 Å². The Balaban J connectivity index is 2.62. The standard InChI is InChI=1S/C8H11NO2/c1-9-6-11-8-5-3-2-4-7(8)10/h2-5,9-10H,6H2,1H3. The number of phenols is 1. The van der Waals surface area contributed by atoms with Gasteiger partial charge >= 0.3 is 0 Å². The molecule has 0 radical (unpaired) electrons. The van der Waals surface area contributed by atoms with E-state index in [2.05, 4.69) is 5.32 Å².